The number of carboxylic acids is 1. The first-order chi connectivity index (χ1) is 9.77. The highest BCUT2D eigenvalue weighted by Gasteiger charge is 2.20. The highest BCUT2D eigenvalue weighted by Crippen LogP contribution is 2.19. The molecule has 1 rings (SSSR count). The van der Waals surface area contributed by atoms with E-state index in [-0.39, 0.29) is 0 Å². The number of nitrogens with two attached hydrogens (primary N) is 1. The van der Waals surface area contributed by atoms with Crippen LogP contribution in [0.3, 0.4) is 0 Å². The van der Waals surface area contributed by atoms with Crippen molar-refractivity contribution in [3.05, 3.63) is 39.9 Å². The Kier molecular flexibility index (Phi) is 6.20. The number of hydrogen-bond acceptors (Lipinski definition) is 3. The van der Waals surface area contributed by atoms with E-state index in [4.69, 9.17) is 34.0 Å². The SMILES string of the molecule is NC(=O)C[C@H](NC(=O)C=Cc1cc(Cl)cc(Cl)c1)C(=O)O. The molecule has 112 valence electrons. The second kappa shape index (κ2) is 7.66. The Morgan fingerprint density at radius 1 is 1.24 bits per heavy atom. The van der Waals surface area contributed by atoms with Crippen LogP contribution >= 0.6 is 23.2 Å². The Morgan fingerprint density at radius 2 is 1.81 bits per heavy atom. The largest absolute Gasteiger partial charge is 0.480 e. The number of hydrogen-bond donors (Lipinski definition) is 3. The summed E-state index contributed by atoms with van der Waals surface area (Å²) in [5, 5.41) is 11.8. The summed E-state index contributed by atoms with van der Waals surface area (Å²) in [5.74, 6) is -2.85. The van der Waals surface area contributed by atoms with Gasteiger partial charge in [-0.25, -0.2) is 4.79 Å². The summed E-state index contributed by atoms with van der Waals surface area (Å²) in [6.45, 7) is 0. The first kappa shape index (κ1) is 17.0. The molecular weight excluding hydrogens is 319 g/mol. The van der Waals surface area contributed by atoms with Crippen LogP contribution in [0.25, 0.3) is 6.08 Å². The van der Waals surface area contributed by atoms with E-state index in [2.05, 4.69) is 5.32 Å². The topological polar surface area (TPSA) is 109 Å². The summed E-state index contributed by atoms with van der Waals surface area (Å²) in [4.78, 5) is 33.2. The zero-order valence-electron chi connectivity index (χ0n) is 10.7. The highest BCUT2D eigenvalue weighted by atomic mass is 35.5. The van der Waals surface area contributed by atoms with Gasteiger partial charge in [-0.1, -0.05) is 23.2 Å². The second-order valence-corrected chi connectivity index (χ2v) is 4.98. The molecule has 0 radical (unpaired) electrons. The Labute approximate surface area is 130 Å². The van der Waals surface area contributed by atoms with Gasteiger partial charge in [-0.3, -0.25) is 9.59 Å². The number of primary amides is 1. The summed E-state index contributed by atoms with van der Waals surface area (Å²) in [7, 11) is 0. The Balaban J connectivity index is 2.73. The summed E-state index contributed by atoms with van der Waals surface area (Å²) in [6.07, 6.45) is 2.03. The van der Waals surface area contributed by atoms with Crippen LogP contribution in [0.1, 0.15) is 12.0 Å². The van der Waals surface area contributed by atoms with Gasteiger partial charge in [0, 0.05) is 16.1 Å². The molecule has 0 unspecified atom stereocenters. The minimum atomic E-state index is -1.37. The first-order valence-corrected chi connectivity index (χ1v) is 6.49. The van der Waals surface area contributed by atoms with Crippen LogP contribution in [0.4, 0.5) is 0 Å². The molecule has 0 saturated carbocycles. The standard InChI is InChI=1S/C13H12Cl2N2O4/c14-8-3-7(4-9(15)5-8)1-2-12(19)17-10(13(20)21)6-11(16)18/h1-5,10H,6H2,(H2,16,18)(H,17,19)(H,20,21)/t10-/m0/s1. The van der Waals surface area contributed by atoms with Crippen LogP contribution < -0.4 is 11.1 Å². The summed E-state index contributed by atoms with van der Waals surface area (Å²) in [5.41, 5.74) is 5.48. The number of rotatable bonds is 6. The first-order valence-electron chi connectivity index (χ1n) is 5.73. The third kappa shape index (κ3) is 6.29. The number of carbonyl (C=O) groups excluding carboxylic acids is 2. The van der Waals surface area contributed by atoms with Gasteiger partial charge in [0.05, 0.1) is 6.42 Å². The zero-order valence-corrected chi connectivity index (χ0v) is 12.2. The molecule has 1 aromatic carbocycles. The molecule has 0 aliphatic rings. The van der Waals surface area contributed by atoms with Crippen molar-refractivity contribution in [3.63, 3.8) is 0 Å². The van der Waals surface area contributed by atoms with Crippen molar-refractivity contribution in [2.75, 3.05) is 0 Å². The number of carboxylic acid groups (broad SMARTS) is 1. The maximum Gasteiger partial charge on any atom is 0.326 e. The monoisotopic (exact) mass is 330 g/mol. The van der Waals surface area contributed by atoms with Crippen molar-refractivity contribution >= 4 is 47.1 Å². The molecule has 0 aliphatic heterocycles. The molecule has 6 nitrogen and oxygen atoms in total. The third-order valence-corrected chi connectivity index (χ3v) is 2.77. The van der Waals surface area contributed by atoms with Crippen molar-refractivity contribution in [1.82, 2.24) is 5.32 Å². The fourth-order valence-electron chi connectivity index (χ4n) is 1.46. The quantitative estimate of drug-likeness (QED) is 0.685. The van der Waals surface area contributed by atoms with Crippen molar-refractivity contribution < 1.29 is 19.5 Å². The van der Waals surface area contributed by atoms with Gasteiger partial charge < -0.3 is 16.2 Å². The number of carbonyl (C=O) groups is 3. The summed E-state index contributed by atoms with van der Waals surface area (Å²) < 4.78 is 0. The number of halogens is 2. The van der Waals surface area contributed by atoms with Gasteiger partial charge in [-0.2, -0.15) is 0 Å². The van der Waals surface area contributed by atoms with Crippen molar-refractivity contribution in [3.8, 4) is 0 Å². The summed E-state index contributed by atoms with van der Waals surface area (Å²) >= 11 is 11.6. The molecule has 0 bridgehead atoms. The maximum atomic E-state index is 11.6. The molecule has 21 heavy (non-hydrogen) atoms. The lowest BCUT2D eigenvalue weighted by Crippen LogP contribution is -2.42. The van der Waals surface area contributed by atoms with Gasteiger partial charge in [0.1, 0.15) is 6.04 Å². The molecule has 1 atom stereocenters. The normalized spacial score (nSPS) is 12.1. The van der Waals surface area contributed by atoms with Crippen LogP contribution in [0, 0.1) is 0 Å². The molecular formula is C13H12Cl2N2O4. The van der Waals surface area contributed by atoms with Crippen LogP contribution in [0.15, 0.2) is 24.3 Å². The number of aliphatic carboxylic acids is 1. The van der Waals surface area contributed by atoms with E-state index in [1.54, 1.807) is 12.1 Å². The number of nitrogens with one attached hydrogen (secondary N) is 1. The number of benzene rings is 1. The van der Waals surface area contributed by atoms with Crippen molar-refractivity contribution in [2.24, 2.45) is 5.73 Å². The van der Waals surface area contributed by atoms with E-state index >= 15 is 0 Å². The Bertz CT molecular complexity index is 582. The van der Waals surface area contributed by atoms with Gasteiger partial charge in [-0.15, -0.1) is 0 Å². The van der Waals surface area contributed by atoms with E-state index in [0.29, 0.717) is 15.6 Å². The fourth-order valence-corrected chi connectivity index (χ4v) is 2.01. The van der Waals surface area contributed by atoms with Crippen molar-refractivity contribution in [1.29, 1.82) is 0 Å². The number of amides is 2. The van der Waals surface area contributed by atoms with E-state index < -0.39 is 30.2 Å². The molecule has 2 amide bonds. The van der Waals surface area contributed by atoms with E-state index in [1.165, 1.54) is 12.1 Å². The fraction of sp³-hybridized carbons (Fsp3) is 0.154. The van der Waals surface area contributed by atoms with E-state index in [0.717, 1.165) is 6.08 Å². The van der Waals surface area contributed by atoms with Gasteiger partial charge in [0.25, 0.3) is 0 Å². The molecule has 4 N–H and O–H groups in total. The van der Waals surface area contributed by atoms with Crippen LogP contribution in [-0.2, 0) is 14.4 Å². The van der Waals surface area contributed by atoms with E-state index in [9.17, 15) is 14.4 Å². The lowest BCUT2D eigenvalue weighted by Gasteiger charge is -2.10. The van der Waals surface area contributed by atoms with Crippen LogP contribution in [0.2, 0.25) is 10.0 Å². The minimum Gasteiger partial charge on any atom is -0.480 e. The molecule has 0 aliphatic carbocycles. The molecule has 0 heterocycles. The predicted octanol–water partition coefficient (Wildman–Crippen LogP) is 1.45. The molecule has 0 spiro atoms. The Morgan fingerprint density at radius 3 is 2.29 bits per heavy atom. The molecule has 0 fully saturated rings. The second-order valence-electron chi connectivity index (χ2n) is 4.11. The maximum absolute atomic E-state index is 11.6. The van der Waals surface area contributed by atoms with Crippen molar-refractivity contribution in [2.45, 2.75) is 12.5 Å². The molecule has 1 aromatic rings. The van der Waals surface area contributed by atoms with E-state index in [1.807, 2.05) is 0 Å². The average molecular weight is 331 g/mol. The lowest BCUT2D eigenvalue weighted by atomic mass is 10.2. The Hall–Kier alpha value is -2.05. The lowest BCUT2D eigenvalue weighted by molar-refractivity contribution is -0.142. The minimum absolute atomic E-state index is 0.402. The van der Waals surface area contributed by atoms with Gasteiger partial charge in [0.2, 0.25) is 11.8 Å². The van der Waals surface area contributed by atoms with Crippen LogP contribution in [0.5, 0.6) is 0 Å². The van der Waals surface area contributed by atoms with Gasteiger partial charge in [0.15, 0.2) is 0 Å². The third-order valence-electron chi connectivity index (χ3n) is 2.33. The predicted molar refractivity (Wildman–Crippen MR) is 78.9 cm³/mol. The summed E-state index contributed by atoms with van der Waals surface area (Å²) in [6, 6.07) is 3.32. The molecule has 0 aromatic heterocycles. The smallest absolute Gasteiger partial charge is 0.326 e. The van der Waals surface area contributed by atoms with Crippen LogP contribution in [-0.4, -0.2) is 28.9 Å². The zero-order chi connectivity index (χ0) is 16.0. The van der Waals surface area contributed by atoms with Gasteiger partial charge in [-0.05, 0) is 29.8 Å². The molecule has 0 saturated heterocycles. The van der Waals surface area contributed by atoms with Gasteiger partial charge >= 0.3 is 5.97 Å². The average Bonchev–Trinajstić information content (AvgIpc) is 2.33. The highest BCUT2D eigenvalue weighted by molar-refractivity contribution is 6.34. The molecule has 8 heteroatoms.